The molecule has 3 aromatic rings. The van der Waals surface area contributed by atoms with E-state index >= 15 is 0 Å². The standard InChI is InChI=1S/C25H27NO2Si/c1-26(21-12-11-19-25(27)28-20-21)29(22-13-5-2-6-14-22,23-15-7-3-8-16-23)24-17-9-4-10-18-24/h2-10,13-18,21H,11-12,19-20H2,1H3. The van der Waals surface area contributed by atoms with Gasteiger partial charge in [-0.25, -0.2) is 0 Å². The van der Waals surface area contributed by atoms with Crippen LogP contribution in [0.25, 0.3) is 0 Å². The summed E-state index contributed by atoms with van der Waals surface area (Å²) in [6, 6.07) is 32.7. The van der Waals surface area contributed by atoms with Gasteiger partial charge >= 0.3 is 5.97 Å². The molecular weight excluding hydrogens is 374 g/mol. The third kappa shape index (κ3) is 3.78. The number of carbonyl (C=O) groups is 1. The lowest BCUT2D eigenvalue weighted by Crippen LogP contribution is -2.78. The van der Waals surface area contributed by atoms with Crippen molar-refractivity contribution in [2.45, 2.75) is 25.3 Å². The normalized spacial score (nSPS) is 17.6. The van der Waals surface area contributed by atoms with E-state index in [1.54, 1.807) is 0 Å². The SMILES string of the molecule is CN(C1CCCC(=O)OC1)[Si](c1ccccc1)(c1ccccc1)c1ccccc1. The summed E-state index contributed by atoms with van der Waals surface area (Å²) < 4.78 is 8.13. The molecule has 3 aromatic carbocycles. The summed E-state index contributed by atoms with van der Waals surface area (Å²) in [4.78, 5) is 11.9. The smallest absolute Gasteiger partial charge is 0.305 e. The van der Waals surface area contributed by atoms with Gasteiger partial charge in [-0.2, -0.15) is 0 Å². The van der Waals surface area contributed by atoms with Gasteiger partial charge in [0.15, 0.2) is 0 Å². The van der Waals surface area contributed by atoms with Gasteiger partial charge in [0.2, 0.25) is 8.24 Å². The van der Waals surface area contributed by atoms with E-state index in [0.717, 1.165) is 12.8 Å². The maximum Gasteiger partial charge on any atom is 0.305 e. The van der Waals surface area contributed by atoms with Gasteiger partial charge < -0.3 is 9.30 Å². The molecule has 1 unspecified atom stereocenters. The second-order valence-electron chi connectivity index (χ2n) is 7.65. The molecule has 29 heavy (non-hydrogen) atoms. The number of hydrogen-bond donors (Lipinski definition) is 0. The molecule has 1 saturated heterocycles. The van der Waals surface area contributed by atoms with E-state index in [2.05, 4.69) is 103 Å². The zero-order chi connectivity index (χ0) is 20.1. The molecule has 0 N–H and O–H groups in total. The van der Waals surface area contributed by atoms with Crippen molar-refractivity contribution in [2.24, 2.45) is 0 Å². The first-order valence-electron chi connectivity index (χ1n) is 10.3. The molecule has 1 aliphatic heterocycles. The number of esters is 1. The highest BCUT2D eigenvalue weighted by molar-refractivity contribution is 7.09. The number of rotatable bonds is 5. The number of carbonyl (C=O) groups excluding carboxylic acids is 1. The quantitative estimate of drug-likeness (QED) is 0.374. The van der Waals surface area contributed by atoms with Crippen molar-refractivity contribution in [2.75, 3.05) is 13.7 Å². The topological polar surface area (TPSA) is 29.5 Å². The molecule has 0 amide bonds. The molecule has 0 aliphatic carbocycles. The van der Waals surface area contributed by atoms with Gasteiger partial charge in [0.05, 0.1) is 0 Å². The third-order valence-corrected chi connectivity index (χ3v) is 10.9. The van der Waals surface area contributed by atoms with Crippen LogP contribution in [-0.4, -0.2) is 38.5 Å². The molecular formula is C25H27NO2Si. The largest absolute Gasteiger partial charge is 0.464 e. The molecule has 4 heteroatoms. The minimum atomic E-state index is -2.52. The van der Waals surface area contributed by atoms with Crippen LogP contribution in [0.3, 0.4) is 0 Å². The molecule has 1 atom stereocenters. The van der Waals surface area contributed by atoms with Gasteiger partial charge in [-0.1, -0.05) is 91.0 Å². The molecule has 0 aromatic heterocycles. The van der Waals surface area contributed by atoms with E-state index in [0.29, 0.717) is 13.0 Å². The fourth-order valence-corrected chi connectivity index (χ4v) is 9.55. The monoisotopic (exact) mass is 401 g/mol. The van der Waals surface area contributed by atoms with Gasteiger partial charge in [0.1, 0.15) is 6.61 Å². The Hall–Kier alpha value is -2.69. The van der Waals surface area contributed by atoms with Crippen LogP contribution in [0.5, 0.6) is 0 Å². The van der Waals surface area contributed by atoms with Crippen LogP contribution in [0.15, 0.2) is 91.0 Å². The Bertz CT molecular complexity index is 834. The van der Waals surface area contributed by atoms with Crippen molar-refractivity contribution in [1.82, 2.24) is 4.57 Å². The van der Waals surface area contributed by atoms with E-state index in [-0.39, 0.29) is 12.0 Å². The molecule has 0 spiro atoms. The maximum absolute atomic E-state index is 11.9. The summed E-state index contributed by atoms with van der Waals surface area (Å²) in [7, 11) is -0.292. The van der Waals surface area contributed by atoms with Crippen molar-refractivity contribution in [3.8, 4) is 0 Å². The Kier molecular flexibility index (Phi) is 5.93. The van der Waals surface area contributed by atoms with Crippen LogP contribution in [0.1, 0.15) is 19.3 Å². The first-order chi connectivity index (χ1) is 14.2. The average molecular weight is 402 g/mol. The van der Waals surface area contributed by atoms with Crippen LogP contribution < -0.4 is 15.6 Å². The van der Waals surface area contributed by atoms with Crippen molar-refractivity contribution >= 4 is 29.8 Å². The van der Waals surface area contributed by atoms with E-state index in [4.69, 9.17) is 4.74 Å². The molecule has 1 aliphatic rings. The summed E-state index contributed by atoms with van der Waals surface area (Å²) in [6.45, 7) is 0.455. The Morgan fingerprint density at radius 2 is 1.24 bits per heavy atom. The number of hydrogen-bond acceptors (Lipinski definition) is 3. The maximum atomic E-state index is 11.9. The molecule has 0 bridgehead atoms. The van der Waals surface area contributed by atoms with E-state index in [1.165, 1.54) is 15.6 Å². The Labute approximate surface area is 174 Å². The number of benzene rings is 3. The first kappa shape index (κ1) is 19.6. The summed E-state index contributed by atoms with van der Waals surface area (Å²) in [5.74, 6) is -0.0766. The van der Waals surface area contributed by atoms with E-state index < -0.39 is 8.24 Å². The number of nitrogens with zero attached hydrogens (tertiary/aromatic N) is 1. The summed E-state index contributed by atoms with van der Waals surface area (Å²) in [5, 5.41) is 4.03. The molecule has 1 fully saturated rings. The van der Waals surface area contributed by atoms with Gasteiger partial charge in [-0.05, 0) is 35.4 Å². The molecule has 1 heterocycles. The molecule has 148 valence electrons. The number of cyclic esters (lactones) is 1. The van der Waals surface area contributed by atoms with Crippen molar-refractivity contribution in [3.05, 3.63) is 91.0 Å². The van der Waals surface area contributed by atoms with Crippen LogP contribution in [0.4, 0.5) is 0 Å². The highest BCUT2D eigenvalue weighted by atomic mass is 28.3. The van der Waals surface area contributed by atoms with Crippen LogP contribution >= 0.6 is 0 Å². The summed E-state index contributed by atoms with van der Waals surface area (Å²) in [5.41, 5.74) is 0. The van der Waals surface area contributed by atoms with Gasteiger partial charge in [-0.15, -0.1) is 0 Å². The Morgan fingerprint density at radius 1 is 0.793 bits per heavy atom. The molecule has 3 nitrogen and oxygen atoms in total. The summed E-state index contributed by atoms with van der Waals surface area (Å²) >= 11 is 0. The number of likely N-dealkylation sites (N-methyl/N-ethyl adjacent to an activating group) is 1. The minimum Gasteiger partial charge on any atom is -0.464 e. The predicted molar refractivity (Wildman–Crippen MR) is 120 cm³/mol. The zero-order valence-corrected chi connectivity index (χ0v) is 17.8. The Balaban J connectivity index is 1.93. The second-order valence-corrected chi connectivity index (χ2v) is 11.5. The van der Waals surface area contributed by atoms with Crippen molar-refractivity contribution in [1.29, 1.82) is 0 Å². The Morgan fingerprint density at radius 3 is 1.69 bits per heavy atom. The lowest BCUT2D eigenvalue weighted by Gasteiger charge is -2.45. The lowest BCUT2D eigenvalue weighted by atomic mass is 10.1. The van der Waals surface area contributed by atoms with Crippen molar-refractivity contribution < 1.29 is 9.53 Å². The highest BCUT2D eigenvalue weighted by Gasteiger charge is 2.46. The predicted octanol–water partition coefficient (Wildman–Crippen LogP) is 2.68. The number of ether oxygens (including phenoxy) is 1. The molecule has 0 saturated carbocycles. The van der Waals surface area contributed by atoms with Gasteiger partial charge in [0.25, 0.3) is 0 Å². The zero-order valence-electron chi connectivity index (χ0n) is 16.8. The van der Waals surface area contributed by atoms with Gasteiger partial charge in [0, 0.05) is 12.5 Å². The second kappa shape index (κ2) is 8.76. The first-order valence-corrected chi connectivity index (χ1v) is 12.2. The van der Waals surface area contributed by atoms with Crippen molar-refractivity contribution in [3.63, 3.8) is 0 Å². The average Bonchev–Trinajstić information content (AvgIpc) is 3.01. The van der Waals surface area contributed by atoms with Crippen LogP contribution in [0.2, 0.25) is 0 Å². The third-order valence-electron chi connectivity index (χ3n) is 6.01. The minimum absolute atomic E-state index is 0.0766. The highest BCUT2D eigenvalue weighted by Crippen LogP contribution is 2.20. The molecule has 4 rings (SSSR count). The fraction of sp³-hybridized carbons (Fsp3) is 0.240. The fourth-order valence-electron chi connectivity index (χ4n) is 4.55. The molecule has 0 radical (unpaired) electrons. The van der Waals surface area contributed by atoms with E-state index in [9.17, 15) is 4.79 Å². The van der Waals surface area contributed by atoms with Crippen LogP contribution in [0, 0.1) is 0 Å². The van der Waals surface area contributed by atoms with E-state index in [1.807, 2.05) is 0 Å². The lowest BCUT2D eigenvalue weighted by molar-refractivity contribution is -0.143. The van der Waals surface area contributed by atoms with Gasteiger partial charge in [-0.3, -0.25) is 4.79 Å². The summed E-state index contributed by atoms with van der Waals surface area (Å²) in [6.07, 6.45) is 2.35. The van der Waals surface area contributed by atoms with Crippen LogP contribution in [-0.2, 0) is 9.53 Å².